The van der Waals surface area contributed by atoms with E-state index in [0.717, 1.165) is 16.7 Å². The first-order chi connectivity index (χ1) is 12.0. The van der Waals surface area contributed by atoms with Gasteiger partial charge in [-0.3, -0.25) is 14.6 Å². The fourth-order valence-corrected chi connectivity index (χ4v) is 3.61. The second kappa shape index (κ2) is 7.23. The van der Waals surface area contributed by atoms with Crippen LogP contribution in [0, 0.1) is 19.8 Å². The van der Waals surface area contributed by atoms with Crippen molar-refractivity contribution in [1.29, 1.82) is 0 Å². The predicted octanol–water partition coefficient (Wildman–Crippen LogP) is 3.02. The average Bonchev–Trinajstić information content (AvgIpc) is 2.94. The van der Waals surface area contributed by atoms with Crippen molar-refractivity contribution >= 4 is 29.1 Å². The van der Waals surface area contributed by atoms with Crippen LogP contribution in [0.15, 0.2) is 36.7 Å². The molecule has 1 unspecified atom stereocenters. The molecule has 0 saturated carbocycles. The summed E-state index contributed by atoms with van der Waals surface area (Å²) < 4.78 is 0. The van der Waals surface area contributed by atoms with Crippen LogP contribution in [0.4, 0.5) is 5.69 Å². The molecular formula is C19H20ClN3O2. The van der Waals surface area contributed by atoms with E-state index in [-0.39, 0.29) is 24.2 Å². The predicted molar refractivity (Wildman–Crippen MR) is 97.5 cm³/mol. The van der Waals surface area contributed by atoms with E-state index >= 15 is 0 Å². The second-order valence-corrected chi connectivity index (χ2v) is 6.80. The molecule has 130 valence electrons. The minimum atomic E-state index is -0.369. The number of hydrogen-bond acceptors (Lipinski definition) is 3. The van der Waals surface area contributed by atoms with E-state index < -0.39 is 0 Å². The second-order valence-electron chi connectivity index (χ2n) is 6.39. The molecule has 0 bridgehead atoms. The molecule has 2 amide bonds. The lowest BCUT2D eigenvalue weighted by Crippen LogP contribution is -2.32. The van der Waals surface area contributed by atoms with Crippen LogP contribution in [0.25, 0.3) is 0 Å². The Bertz CT molecular complexity index is 785. The van der Waals surface area contributed by atoms with Crippen molar-refractivity contribution < 1.29 is 9.59 Å². The van der Waals surface area contributed by atoms with Gasteiger partial charge in [0.1, 0.15) is 0 Å². The molecule has 2 heterocycles. The van der Waals surface area contributed by atoms with E-state index in [2.05, 4.69) is 10.3 Å². The molecule has 1 aromatic heterocycles. The topological polar surface area (TPSA) is 62.3 Å². The van der Waals surface area contributed by atoms with Crippen LogP contribution in [0.3, 0.4) is 0 Å². The molecular weight excluding hydrogens is 338 g/mol. The molecule has 5 nitrogen and oxygen atoms in total. The maximum atomic E-state index is 12.4. The van der Waals surface area contributed by atoms with E-state index in [1.807, 2.05) is 38.1 Å². The van der Waals surface area contributed by atoms with Crippen molar-refractivity contribution in [2.24, 2.45) is 5.92 Å². The summed E-state index contributed by atoms with van der Waals surface area (Å²) in [7, 11) is 0. The summed E-state index contributed by atoms with van der Waals surface area (Å²) >= 11 is 6.35. The maximum Gasteiger partial charge on any atom is 0.227 e. The number of hydrogen-bond donors (Lipinski definition) is 1. The van der Waals surface area contributed by atoms with Crippen molar-refractivity contribution in [1.82, 2.24) is 10.3 Å². The number of amides is 2. The lowest BCUT2D eigenvalue weighted by Gasteiger charge is -2.21. The Balaban J connectivity index is 1.69. The molecule has 1 aliphatic heterocycles. The smallest absolute Gasteiger partial charge is 0.227 e. The number of benzene rings is 1. The molecule has 6 heteroatoms. The number of aromatic nitrogens is 1. The van der Waals surface area contributed by atoms with Gasteiger partial charge in [0.15, 0.2) is 0 Å². The standard InChI is InChI=1S/C19H20ClN3O2/c1-12-7-13(2)18(16(20)8-12)23-11-15(9-17(23)24)19(25)22-10-14-3-5-21-6-4-14/h3-8,15H,9-11H2,1-2H3,(H,22,25). The van der Waals surface area contributed by atoms with Gasteiger partial charge in [0, 0.05) is 31.9 Å². The Labute approximate surface area is 152 Å². The van der Waals surface area contributed by atoms with Crippen LogP contribution in [-0.2, 0) is 16.1 Å². The summed E-state index contributed by atoms with van der Waals surface area (Å²) in [4.78, 5) is 30.4. The highest BCUT2D eigenvalue weighted by Crippen LogP contribution is 2.35. The highest BCUT2D eigenvalue weighted by atomic mass is 35.5. The zero-order valence-electron chi connectivity index (χ0n) is 14.3. The molecule has 3 rings (SSSR count). The normalized spacial score (nSPS) is 17.0. The Hall–Kier alpha value is -2.40. The number of pyridine rings is 1. The monoisotopic (exact) mass is 357 g/mol. The number of halogens is 1. The number of carbonyl (C=O) groups is 2. The summed E-state index contributed by atoms with van der Waals surface area (Å²) in [6.45, 7) is 4.67. The van der Waals surface area contributed by atoms with Crippen LogP contribution in [0.2, 0.25) is 5.02 Å². The first-order valence-corrected chi connectivity index (χ1v) is 8.57. The SMILES string of the molecule is Cc1cc(C)c(N2CC(C(=O)NCc3ccncc3)CC2=O)c(Cl)c1. The van der Waals surface area contributed by atoms with E-state index in [1.165, 1.54) is 0 Å². The third-order valence-electron chi connectivity index (χ3n) is 4.38. The number of carbonyl (C=O) groups excluding carboxylic acids is 2. The van der Waals surface area contributed by atoms with Crippen LogP contribution in [0.1, 0.15) is 23.1 Å². The van der Waals surface area contributed by atoms with E-state index in [0.29, 0.717) is 23.8 Å². The molecule has 25 heavy (non-hydrogen) atoms. The van der Waals surface area contributed by atoms with Gasteiger partial charge >= 0.3 is 0 Å². The number of rotatable bonds is 4. The van der Waals surface area contributed by atoms with E-state index in [9.17, 15) is 9.59 Å². The van der Waals surface area contributed by atoms with Gasteiger partial charge in [-0.1, -0.05) is 17.7 Å². The van der Waals surface area contributed by atoms with Crippen molar-refractivity contribution in [3.63, 3.8) is 0 Å². The molecule has 0 spiro atoms. The third kappa shape index (κ3) is 3.82. The van der Waals surface area contributed by atoms with Crippen LogP contribution < -0.4 is 10.2 Å². The van der Waals surface area contributed by atoms with Crippen LogP contribution in [-0.4, -0.2) is 23.3 Å². The first kappa shape index (κ1) is 17.4. The van der Waals surface area contributed by atoms with Gasteiger partial charge in [0.2, 0.25) is 11.8 Å². The Morgan fingerprint density at radius 1 is 1.32 bits per heavy atom. The third-order valence-corrected chi connectivity index (χ3v) is 4.67. The number of nitrogens with zero attached hydrogens (tertiary/aromatic N) is 2. The Morgan fingerprint density at radius 2 is 2.04 bits per heavy atom. The summed E-state index contributed by atoms with van der Waals surface area (Å²) in [5, 5.41) is 3.44. The Kier molecular flexibility index (Phi) is 5.04. The highest BCUT2D eigenvalue weighted by molar-refractivity contribution is 6.34. The Morgan fingerprint density at radius 3 is 2.72 bits per heavy atom. The van der Waals surface area contributed by atoms with Gasteiger partial charge in [0.05, 0.1) is 16.6 Å². The van der Waals surface area contributed by atoms with Gasteiger partial charge in [-0.05, 0) is 48.7 Å². The molecule has 1 N–H and O–H groups in total. The molecule has 0 aliphatic carbocycles. The zero-order chi connectivity index (χ0) is 18.0. The molecule has 1 fully saturated rings. The van der Waals surface area contributed by atoms with Crippen molar-refractivity contribution in [3.05, 3.63) is 58.4 Å². The highest BCUT2D eigenvalue weighted by Gasteiger charge is 2.36. The summed E-state index contributed by atoms with van der Waals surface area (Å²) in [5.41, 5.74) is 3.67. The fraction of sp³-hybridized carbons (Fsp3) is 0.316. The van der Waals surface area contributed by atoms with Crippen molar-refractivity contribution in [2.75, 3.05) is 11.4 Å². The minimum Gasteiger partial charge on any atom is -0.352 e. The molecule has 0 radical (unpaired) electrons. The summed E-state index contributed by atoms with van der Waals surface area (Å²) in [6.07, 6.45) is 3.57. The number of aryl methyl sites for hydroxylation is 2. The summed E-state index contributed by atoms with van der Waals surface area (Å²) in [5.74, 6) is -0.558. The van der Waals surface area contributed by atoms with Crippen LogP contribution in [0.5, 0.6) is 0 Å². The van der Waals surface area contributed by atoms with Crippen LogP contribution >= 0.6 is 11.6 Å². The van der Waals surface area contributed by atoms with Crippen molar-refractivity contribution in [2.45, 2.75) is 26.8 Å². The quantitative estimate of drug-likeness (QED) is 0.914. The van der Waals surface area contributed by atoms with Crippen molar-refractivity contribution in [3.8, 4) is 0 Å². The minimum absolute atomic E-state index is 0.0714. The van der Waals surface area contributed by atoms with E-state index in [4.69, 9.17) is 11.6 Å². The molecule has 1 saturated heterocycles. The van der Waals surface area contributed by atoms with Gasteiger partial charge in [-0.15, -0.1) is 0 Å². The molecule has 2 aromatic rings. The largest absolute Gasteiger partial charge is 0.352 e. The van der Waals surface area contributed by atoms with Gasteiger partial charge < -0.3 is 10.2 Å². The lowest BCUT2D eigenvalue weighted by atomic mass is 10.1. The molecule has 1 atom stereocenters. The van der Waals surface area contributed by atoms with Gasteiger partial charge in [0.25, 0.3) is 0 Å². The molecule has 1 aromatic carbocycles. The zero-order valence-corrected chi connectivity index (χ0v) is 15.0. The van der Waals surface area contributed by atoms with Gasteiger partial charge in [-0.25, -0.2) is 0 Å². The molecule has 1 aliphatic rings. The maximum absolute atomic E-state index is 12.4. The lowest BCUT2D eigenvalue weighted by molar-refractivity contribution is -0.126. The van der Waals surface area contributed by atoms with E-state index in [1.54, 1.807) is 17.3 Å². The average molecular weight is 358 g/mol. The first-order valence-electron chi connectivity index (χ1n) is 8.19. The number of nitrogens with one attached hydrogen (secondary N) is 1. The summed E-state index contributed by atoms with van der Waals surface area (Å²) in [6, 6.07) is 7.53. The fourth-order valence-electron chi connectivity index (χ4n) is 3.18. The number of anilines is 1. The van der Waals surface area contributed by atoms with Gasteiger partial charge in [-0.2, -0.15) is 0 Å².